The fourth-order valence-electron chi connectivity index (χ4n) is 2.53. The molecule has 1 aromatic rings. The van der Waals surface area contributed by atoms with Crippen LogP contribution in [0.4, 0.5) is 0 Å². The summed E-state index contributed by atoms with van der Waals surface area (Å²) < 4.78 is 0. The number of hydrogen-bond donors (Lipinski definition) is 2. The lowest BCUT2D eigenvalue weighted by atomic mass is 10.1. The van der Waals surface area contributed by atoms with Crippen molar-refractivity contribution in [3.8, 4) is 6.07 Å². The minimum atomic E-state index is -0.257. The monoisotopic (exact) mass is 257 g/mol. The Kier molecular flexibility index (Phi) is 4.06. The molecule has 0 saturated heterocycles. The van der Waals surface area contributed by atoms with Gasteiger partial charge in [0, 0.05) is 17.4 Å². The first-order valence-corrected chi connectivity index (χ1v) is 6.69. The number of nitriles is 1. The maximum atomic E-state index is 12.0. The van der Waals surface area contributed by atoms with Crippen LogP contribution >= 0.6 is 0 Å². The van der Waals surface area contributed by atoms with E-state index in [1.54, 1.807) is 6.08 Å². The van der Waals surface area contributed by atoms with Crippen molar-refractivity contribution in [1.82, 2.24) is 10.3 Å². The summed E-state index contributed by atoms with van der Waals surface area (Å²) in [6, 6.07) is 4.17. The standard InChI is InChI=1S/C15H19N3O/c1-10-7-12(11(2)17-10)8-13(9-16)15(19)18-14-5-3-4-6-14/h7-8,14,17H,3-6H2,1-2H3,(H,18,19). The molecular weight excluding hydrogens is 238 g/mol. The van der Waals surface area contributed by atoms with Crippen LogP contribution in [0.1, 0.15) is 42.6 Å². The van der Waals surface area contributed by atoms with Crippen molar-refractivity contribution >= 4 is 12.0 Å². The third kappa shape index (κ3) is 3.25. The lowest BCUT2D eigenvalue weighted by Crippen LogP contribution is -2.33. The van der Waals surface area contributed by atoms with Crippen molar-refractivity contribution in [2.24, 2.45) is 0 Å². The number of carbonyl (C=O) groups excluding carboxylic acids is 1. The van der Waals surface area contributed by atoms with Gasteiger partial charge in [0.05, 0.1) is 0 Å². The van der Waals surface area contributed by atoms with Crippen LogP contribution in [0, 0.1) is 25.2 Å². The molecule has 2 rings (SSSR count). The Hall–Kier alpha value is -2.02. The number of hydrogen-bond acceptors (Lipinski definition) is 2. The Labute approximate surface area is 113 Å². The van der Waals surface area contributed by atoms with E-state index in [9.17, 15) is 4.79 Å². The molecule has 0 aromatic carbocycles. The summed E-state index contributed by atoms with van der Waals surface area (Å²) in [6.45, 7) is 3.89. The Morgan fingerprint density at radius 1 is 1.47 bits per heavy atom. The van der Waals surface area contributed by atoms with Gasteiger partial charge in [0.25, 0.3) is 5.91 Å². The number of aromatic amines is 1. The summed E-state index contributed by atoms with van der Waals surface area (Å²) in [7, 11) is 0. The van der Waals surface area contributed by atoms with Crippen molar-refractivity contribution in [2.75, 3.05) is 0 Å². The van der Waals surface area contributed by atoms with Gasteiger partial charge in [0.15, 0.2) is 0 Å². The molecule has 4 nitrogen and oxygen atoms in total. The van der Waals surface area contributed by atoms with Crippen molar-refractivity contribution < 1.29 is 4.79 Å². The van der Waals surface area contributed by atoms with Gasteiger partial charge in [0.2, 0.25) is 0 Å². The maximum Gasteiger partial charge on any atom is 0.262 e. The van der Waals surface area contributed by atoms with E-state index >= 15 is 0 Å². The van der Waals surface area contributed by atoms with Crippen LogP contribution in [0.5, 0.6) is 0 Å². The summed E-state index contributed by atoms with van der Waals surface area (Å²) in [6.07, 6.45) is 6.02. The van der Waals surface area contributed by atoms with Crippen LogP contribution < -0.4 is 5.32 Å². The van der Waals surface area contributed by atoms with Gasteiger partial charge in [-0.05, 0) is 44.4 Å². The molecule has 100 valence electrons. The van der Waals surface area contributed by atoms with Gasteiger partial charge >= 0.3 is 0 Å². The van der Waals surface area contributed by atoms with Gasteiger partial charge in [0.1, 0.15) is 11.6 Å². The van der Waals surface area contributed by atoms with Crippen LogP contribution in [0.15, 0.2) is 11.6 Å². The Morgan fingerprint density at radius 2 is 2.16 bits per heavy atom. The van der Waals surface area contributed by atoms with Gasteiger partial charge < -0.3 is 10.3 Å². The van der Waals surface area contributed by atoms with E-state index in [-0.39, 0.29) is 17.5 Å². The Morgan fingerprint density at radius 3 is 2.68 bits per heavy atom. The minimum Gasteiger partial charge on any atom is -0.362 e. The average Bonchev–Trinajstić information content (AvgIpc) is 2.96. The zero-order valence-electron chi connectivity index (χ0n) is 11.4. The maximum absolute atomic E-state index is 12.0. The fraction of sp³-hybridized carbons (Fsp3) is 0.467. The molecule has 1 fully saturated rings. The molecule has 0 atom stereocenters. The highest BCUT2D eigenvalue weighted by Crippen LogP contribution is 2.19. The third-order valence-corrected chi connectivity index (χ3v) is 3.54. The molecule has 0 radical (unpaired) electrons. The zero-order chi connectivity index (χ0) is 13.8. The lowest BCUT2D eigenvalue weighted by Gasteiger charge is -2.10. The molecule has 19 heavy (non-hydrogen) atoms. The first kappa shape index (κ1) is 13.4. The van der Waals surface area contributed by atoms with Gasteiger partial charge in [-0.3, -0.25) is 4.79 Å². The van der Waals surface area contributed by atoms with E-state index in [2.05, 4.69) is 10.3 Å². The highest BCUT2D eigenvalue weighted by Gasteiger charge is 2.19. The summed E-state index contributed by atoms with van der Waals surface area (Å²) in [4.78, 5) is 15.2. The second-order valence-corrected chi connectivity index (χ2v) is 5.16. The molecular formula is C15H19N3O. The highest BCUT2D eigenvalue weighted by atomic mass is 16.1. The average molecular weight is 257 g/mol. The van der Waals surface area contributed by atoms with Crippen molar-refractivity contribution in [3.63, 3.8) is 0 Å². The number of carbonyl (C=O) groups is 1. The quantitative estimate of drug-likeness (QED) is 0.645. The molecule has 0 aliphatic heterocycles. The molecule has 1 aliphatic rings. The van der Waals surface area contributed by atoms with E-state index in [1.807, 2.05) is 26.0 Å². The Balaban J connectivity index is 2.12. The van der Waals surface area contributed by atoms with Crippen LogP contribution in [0.3, 0.4) is 0 Å². The van der Waals surface area contributed by atoms with Crippen LogP contribution in [-0.4, -0.2) is 16.9 Å². The van der Waals surface area contributed by atoms with Crippen LogP contribution in [0.25, 0.3) is 6.08 Å². The van der Waals surface area contributed by atoms with Crippen molar-refractivity contribution in [3.05, 3.63) is 28.6 Å². The van der Waals surface area contributed by atoms with Gasteiger partial charge in [-0.25, -0.2) is 0 Å². The summed E-state index contributed by atoms with van der Waals surface area (Å²) in [5, 5.41) is 12.1. The second kappa shape index (κ2) is 5.75. The number of nitrogens with one attached hydrogen (secondary N) is 2. The molecule has 0 bridgehead atoms. The first-order valence-electron chi connectivity index (χ1n) is 6.69. The zero-order valence-corrected chi connectivity index (χ0v) is 11.4. The molecule has 1 aromatic heterocycles. The molecule has 4 heteroatoms. The van der Waals surface area contributed by atoms with E-state index < -0.39 is 0 Å². The molecule has 1 heterocycles. The topological polar surface area (TPSA) is 68.7 Å². The number of aryl methyl sites for hydroxylation is 2. The number of H-pyrrole nitrogens is 1. The molecule has 0 unspecified atom stereocenters. The molecule has 2 N–H and O–H groups in total. The first-order chi connectivity index (χ1) is 9.10. The lowest BCUT2D eigenvalue weighted by molar-refractivity contribution is -0.117. The third-order valence-electron chi connectivity index (χ3n) is 3.54. The predicted octanol–water partition coefficient (Wildman–Crippen LogP) is 2.60. The number of rotatable bonds is 3. The van der Waals surface area contributed by atoms with E-state index in [4.69, 9.17) is 5.26 Å². The van der Waals surface area contributed by atoms with Gasteiger partial charge in [-0.1, -0.05) is 12.8 Å². The van der Waals surface area contributed by atoms with E-state index in [0.29, 0.717) is 0 Å². The highest BCUT2D eigenvalue weighted by molar-refractivity contribution is 6.02. The normalized spacial score (nSPS) is 16.4. The summed E-state index contributed by atoms with van der Waals surface area (Å²) in [5.41, 5.74) is 3.07. The molecule has 0 spiro atoms. The fourth-order valence-corrected chi connectivity index (χ4v) is 2.53. The number of amides is 1. The Bertz CT molecular complexity index is 542. The second-order valence-electron chi connectivity index (χ2n) is 5.16. The largest absolute Gasteiger partial charge is 0.362 e. The SMILES string of the molecule is Cc1cc(C=C(C#N)C(=O)NC2CCCC2)c(C)[nH]1. The van der Waals surface area contributed by atoms with Crippen molar-refractivity contribution in [2.45, 2.75) is 45.6 Å². The molecule has 1 saturated carbocycles. The number of nitrogens with zero attached hydrogens (tertiary/aromatic N) is 1. The summed E-state index contributed by atoms with van der Waals surface area (Å²) in [5.74, 6) is -0.257. The minimum absolute atomic E-state index is 0.175. The number of aromatic nitrogens is 1. The van der Waals surface area contributed by atoms with Crippen LogP contribution in [0.2, 0.25) is 0 Å². The van der Waals surface area contributed by atoms with Gasteiger partial charge in [-0.15, -0.1) is 0 Å². The van der Waals surface area contributed by atoms with Gasteiger partial charge in [-0.2, -0.15) is 5.26 Å². The van der Waals surface area contributed by atoms with E-state index in [0.717, 1.165) is 42.6 Å². The smallest absolute Gasteiger partial charge is 0.262 e. The molecule has 1 aliphatic carbocycles. The predicted molar refractivity (Wildman–Crippen MR) is 74.3 cm³/mol. The summed E-state index contributed by atoms with van der Waals surface area (Å²) >= 11 is 0. The van der Waals surface area contributed by atoms with E-state index in [1.165, 1.54) is 0 Å². The van der Waals surface area contributed by atoms with Crippen LogP contribution in [-0.2, 0) is 4.79 Å². The van der Waals surface area contributed by atoms with Crippen molar-refractivity contribution in [1.29, 1.82) is 5.26 Å². The molecule has 1 amide bonds.